The molecular weight excluding hydrogens is 390 g/mol. The number of carbonyl (C=O) groups is 3. The van der Waals surface area contributed by atoms with Crippen molar-refractivity contribution in [1.29, 1.82) is 0 Å². The smallest absolute Gasteiger partial charge is 0.325 e. The number of nitrogens with one attached hydrogen (secondary N) is 1. The van der Waals surface area contributed by atoms with Crippen LogP contribution in [-0.4, -0.2) is 46.3 Å². The van der Waals surface area contributed by atoms with Crippen molar-refractivity contribution in [3.8, 4) is 0 Å². The second kappa shape index (κ2) is 7.52. The van der Waals surface area contributed by atoms with E-state index in [0.717, 1.165) is 11.1 Å². The number of likely N-dealkylation sites (tertiary alicyclic amines) is 1. The minimum Gasteiger partial charge on any atom is -0.336 e. The highest BCUT2D eigenvalue weighted by molar-refractivity contribution is 6.30. The van der Waals surface area contributed by atoms with Crippen molar-refractivity contribution in [2.75, 3.05) is 13.1 Å². The third-order valence-corrected chi connectivity index (χ3v) is 5.83. The molecule has 0 radical (unpaired) electrons. The molecule has 2 heterocycles. The van der Waals surface area contributed by atoms with Crippen LogP contribution in [0.1, 0.15) is 34.3 Å². The first kappa shape index (κ1) is 19.5. The Hall–Kier alpha value is -2.86. The molecule has 2 saturated heterocycles. The molecule has 7 heteroatoms. The quantitative estimate of drug-likeness (QED) is 0.787. The van der Waals surface area contributed by atoms with E-state index < -0.39 is 11.6 Å². The summed E-state index contributed by atoms with van der Waals surface area (Å²) < 4.78 is 0. The Morgan fingerprint density at radius 3 is 2.48 bits per heavy atom. The molecule has 29 heavy (non-hydrogen) atoms. The average Bonchev–Trinajstić information content (AvgIpc) is 2.93. The lowest BCUT2D eigenvalue weighted by atomic mass is 9.88. The van der Waals surface area contributed by atoms with Crippen LogP contribution in [0.5, 0.6) is 0 Å². The molecule has 6 nitrogen and oxygen atoms in total. The first-order chi connectivity index (χ1) is 13.9. The van der Waals surface area contributed by atoms with Crippen molar-refractivity contribution in [2.24, 2.45) is 0 Å². The topological polar surface area (TPSA) is 69.7 Å². The zero-order valence-electron chi connectivity index (χ0n) is 16.2. The van der Waals surface area contributed by atoms with Crippen LogP contribution in [0.3, 0.4) is 0 Å². The van der Waals surface area contributed by atoms with Crippen LogP contribution in [0, 0.1) is 6.92 Å². The second-order valence-electron chi connectivity index (χ2n) is 7.73. The maximum atomic E-state index is 13.2. The van der Waals surface area contributed by atoms with Gasteiger partial charge in [-0.15, -0.1) is 0 Å². The van der Waals surface area contributed by atoms with Gasteiger partial charge in [0.2, 0.25) is 0 Å². The van der Waals surface area contributed by atoms with E-state index in [-0.39, 0.29) is 24.9 Å². The van der Waals surface area contributed by atoms with Crippen LogP contribution in [0.2, 0.25) is 5.02 Å². The number of urea groups is 1. The third kappa shape index (κ3) is 3.72. The highest BCUT2D eigenvalue weighted by Gasteiger charge is 2.53. The van der Waals surface area contributed by atoms with Gasteiger partial charge in [-0.2, -0.15) is 0 Å². The SMILES string of the molecule is Cc1ccc(C(=O)N2CCC[C@@]3(C2)NC(=O)N(Cc2ccc(Cl)cc2)C3=O)cc1. The van der Waals surface area contributed by atoms with Crippen molar-refractivity contribution in [3.05, 3.63) is 70.2 Å². The summed E-state index contributed by atoms with van der Waals surface area (Å²) >= 11 is 5.91. The van der Waals surface area contributed by atoms with Crippen LogP contribution in [0.25, 0.3) is 0 Å². The number of halogens is 1. The summed E-state index contributed by atoms with van der Waals surface area (Å²) in [5.74, 6) is -0.402. The van der Waals surface area contributed by atoms with Crippen molar-refractivity contribution in [3.63, 3.8) is 0 Å². The fourth-order valence-electron chi connectivity index (χ4n) is 3.98. The van der Waals surface area contributed by atoms with Crippen molar-refractivity contribution >= 4 is 29.4 Å². The minimum absolute atomic E-state index is 0.123. The molecule has 1 spiro atoms. The minimum atomic E-state index is -1.05. The normalized spacial score (nSPS) is 21.6. The molecule has 2 aromatic carbocycles. The van der Waals surface area contributed by atoms with Crippen LogP contribution >= 0.6 is 11.6 Å². The summed E-state index contributed by atoms with van der Waals surface area (Å²) in [5.41, 5.74) is 1.43. The molecule has 4 rings (SSSR count). The molecule has 0 unspecified atom stereocenters. The summed E-state index contributed by atoms with van der Waals surface area (Å²) in [4.78, 5) is 41.6. The molecule has 0 aliphatic carbocycles. The Labute approximate surface area is 174 Å². The molecule has 0 bridgehead atoms. The maximum Gasteiger partial charge on any atom is 0.325 e. The number of piperidine rings is 1. The standard InChI is InChI=1S/C22H22ClN3O3/c1-15-3-7-17(8-4-15)19(27)25-12-2-11-22(14-25)20(28)26(21(29)24-22)13-16-5-9-18(23)10-6-16/h3-10H,2,11-14H2,1H3,(H,24,29)/t22-/m0/s1. The van der Waals surface area contributed by atoms with Crippen molar-refractivity contribution < 1.29 is 14.4 Å². The number of benzene rings is 2. The predicted octanol–water partition coefficient (Wildman–Crippen LogP) is 3.38. The number of hydrogen-bond acceptors (Lipinski definition) is 3. The van der Waals surface area contributed by atoms with Gasteiger partial charge in [0, 0.05) is 17.1 Å². The number of carbonyl (C=O) groups excluding carboxylic acids is 3. The van der Waals surface area contributed by atoms with Gasteiger partial charge in [-0.25, -0.2) is 4.79 Å². The molecular formula is C22H22ClN3O3. The van der Waals surface area contributed by atoms with Gasteiger partial charge in [0.15, 0.2) is 0 Å². The van der Waals surface area contributed by atoms with Crippen LogP contribution in [0.4, 0.5) is 4.79 Å². The fourth-order valence-corrected chi connectivity index (χ4v) is 4.10. The molecule has 4 amide bonds. The van der Waals surface area contributed by atoms with Gasteiger partial charge in [0.05, 0.1) is 13.1 Å². The van der Waals surface area contributed by atoms with Crippen molar-refractivity contribution in [1.82, 2.24) is 15.1 Å². The highest BCUT2D eigenvalue weighted by Crippen LogP contribution is 2.30. The molecule has 2 aliphatic heterocycles. The third-order valence-electron chi connectivity index (χ3n) is 5.58. The van der Waals surface area contributed by atoms with E-state index in [0.29, 0.717) is 30.0 Å². The molecule has 150 valence electrons. The van der Waals surface area contributed by atoms with Gasteiger partial charge in [0.25, 0.3) is 11.8 Å². The number of hydrogen-bond donors (Lipinski definition) is 1. The summed E-state index contributed by atoms with van der Waals surface area (Å²) in [7, 11) is 0. The summed E-state index contributed by atoms with van der Waals surface area (Å²) in [6, 6.07) is 14.0. The lowest BCUT2D eigenvalue weighted by molar-refractivity contribution is -0.133. The number of rotatable bonds is 3. The van der Waals surface area contributed by atoms with E-state index in [1.54, 1.807) is 41.3 Å². The number of imide groups is 1. The number of amides is 4. The Bertz CT molecular complexity index is 958. The number of nitrogens with zero attached hydrogens (tertiary/aromatic N) is 2. The van der Waals surface area contributed by atoms with E-state index in [2.05, 4.69) is 5.32 Å². The molecule has 2 fully saturated rings. The largest absolute Gasteiger partial charge is 0.336 e. The van der Waals surface area contributed by atoms with Crippen LogP contribution < -0.4 is 5.32 Å². The van der Waals surface area contributed by atoms with Gasteiger partial charge in [-0.05, 0) is 49.6 Å². The Balaban J connectivity index is 1.52. The second-order valence-corrected chi connectivity index (χ2v) is 8.16. The Kier molecular flexibility index (Phi) is 5.04. The Morgan fingerprint density at radius 1 is 1.10 bits per heavy atom. The van der Waals surface area contributed by atoms with Crippen molar-refractivity contribution in [2.45, 2.75) is 31.8 Å². The molecule has 0 aromatic heterocycles. The van der Waals surface area contributed by atoms with E-state index in [4.69, 9.17) is 11.6 Å². The first-order valence-corrected chi connectivity index (χ1v) is 10.0. The maximum absolute atomic E-state index is 13.2. The van der Waals surface area contributed by atoms with Crippen LogP contribution in [-0.2, 0) is 11.3 Å². The highest BCUT2D eigenvalue weighted by atomic mass is 35.5. The Morgan fingerprint density at radius 2 is 1.79 bits per heavy atom. The van der Waals surface area contributed by atoms with E-state index in [1.165, 1.54) is 4.90 Å². The lowest BCUT2D eigenvalue weighted by Gasteiger charge is -2.38. The molecule has 0 saturated carbocycles. The molecule has 1 N–H and O–H groups in total. The fraction of sp³-hybridized carbons (Fsp3) is 0.318. The van der Waals surface area contributed by atoms with Gasteiger partial charge < -0.3 is 10.2 Å². The number of aryl methyl sites for hydroxylation is 1. The summed E-state index contributed by atoms with van der Waals surface area (Å²) in [6.45, 7) is 2.89. The van der Waals surface area contributed by atoms with E-state index >= 15 is 0 Å². The van der Waals surface area contributed by atoms with Gasteiger partial charge in [0.1, 0.15) is 5.54 Å². The van der Waals surface area contributed by atoms with Gasteiger partial charge >= 0.3 is 6.03 Å². The monoisotopic (exact) mass is 411 g/mol. The average molecular weight is 412 g/mol. The van der Waals surface area contributed by atoms with Gasteiger partial charge in [-0.3, -0.25) is 14.5 Å². The summed E-state index contributed by atoms with van der Waals surface area (Å²) in [6.07, 6.45) is 1.17. The zero-order valence-corrected chi connectivity index (χ0v) is 16.9. The van der Waals surface area contributed by atoms with Crippen LogP contribution in [0.15, 0.2) is 48.5 Å². The first-order valence-electron chi connectivity index (χ1n) is 9.62. The molecule has 2 aromatic rings. The molecule has 2 aliphatic rings. The zero-order chi connectivity index (χ0) is 20.6. The lowest BCUT2D eigenvalue weighted by Crippen LogP contribution is -2.59. The van der Waals surface area contributed by atoms with E-state index in [1.807, 2.05) is 19.1 Å². The molecule has 1 atom stereocenters. The van der Waals surface area contributed by atoms with E-state index in [9.17, 15) is 14.4 Å². The van der Waals surface area contributed by atoms with Gasteiger partial charge in [-0.1, -0.05) is 41.4 Å². The summed E-state index contributed by atoms with van der Waals surface area (Å²) in [5, 5.41) is 3.46. The predicted molar refractivity (Wildman–Crippen MR) is 110 cm³/mol.